The number of hydrogen-bond donors (Lipinski definition) is 0. The molecule has 4 heteroatoms. The minimum Gasteiger partial charge on any atom is -1.00 e. The van der Waals surface area contributed by atoms with E-state index in [0.29, 0.717) is 0 Å². The Morgan fingerprint density at radius 2 is 1.51 bits per heavy atom. The van der Waals surface area contributed by atoms with Gasteiger partial charge in [-0.05, 0) is 0 Å². The predicted molar refractivity (Wildman–Crippen MR) is 153 cm³/mol. The molecule has 0 atom stereocenters. The summed E-state index contributed by atoms with van der Waals surface area (Å²) in [5.74, 6) is 0. The fourth-order valence-corrected chi connectivity index (χ4v) is 13.9. The zero-order valence-electron chi connectivity index (χ0n) is 23.4. The summed E-state index contributed by atoms with van der Waals surface area (Å²) in [6.07, 6.45) is 7.02. The molecule has 0 amide bonds. The summed E-state index contributed by atoms with van der Waals surface area (Å²) < 4.78 is 5.15. The normalized spacial score (nSPS) is 13.9. The van der Waals surface area contributed by atoms with E-state index in [4.69, 9.17) is 0 Å². The van der Waals surface area contributed by atoms with Crippen LogP contribution in [0.4, 0.5) is 0 Å². The van der Waals surface area contributed by atoms with Crippen LogP contribution in [0.25, 0.3) is 16.7 Å². The first-order valence-corrected chi connectivity index (χ1v) is 17.5. The van der Waals surface area contributed by atoms with Crippen molar-refractivity contribution in [1.29, 1.82) is 0 Å². The van der Waals surface area contributed by atoms with Crippen LogP contribution in [0.15, 0.2) is 62.6 Å². The topological polar surface area (TPSA) is 0 Å². The van der Waals surface area contributed by atoms with Gasteiger partial charge < -0.3 is 24.8 Å². The van der Waals surface area contributed by atoms with Crippen molar-refractivity contribution in [1.82, 2.24) is 0 Å². The summed E-state index contributed by atoms with van der Waals surface area (Å²) in [7, 11) is 0. The second-order valence-electron chi connectivity index (χ2n) is 12.5. The number of benzene rings is 2. The Hall–Kier alpha value is -1.05. The molecular formula is C33H38Cl2SZr. The zero-order valence-corrected chi connectivity index (χ0v) is 28.1. The third-order valence-corrected chi connectivity index (χ3v) is 15.8. The minimum absolute atomic E-state index is 0. The molecule has 3 aromatic rings. The predicted octanol–water partition coefficient (Wildman–Crippen LogP) is 2.75. The Balaban J connectivity index is 0.00000190. The Morgan fingerprint density at radius 3 is 2.11 bits per heavy atom. The number of rotatable bonds is 3. The van der Waals surface area contributed by atoms with Crippen molar-refractivity contribution in [2.24, 2.45) is 0 Å². The molecule has 0 radical (unpaired) electrons. The maximum atomic E-state index is 2.63. The standard InChI is InChI=1S/C21H25.C9H7S.C3H6.2ClH.Zr/c1-20(2,3)16-9-7-14-11-15-8-10-17(21(4,5)6)13-19(15)18(14)12-16;1-2-4-8(3-1)9-5-6-10-7-9;1-3-2;;;/h7,9-10,12-13H,11H2,1-6H3;1,3,5-7H,2H2;1-2H3;2*1H;/q;;;;;+2/p-2. The molecule has 0 unspecified atom stereocenters. The molecule has 1 aromatic heterocycles. The third-order valence-electron chi connectivity index (χ3n) is 7.58. The van der Waals surface area contributed by atoms with Gasteiger partial charge in [-0.3, -0.25) is 0 Å². The van der Waals surface area contributed by atoms with Crippen LogP contribution in [-0.2, 0) is 38.5 Å². The summed E-state index contributed by atoms with van der Waals surface area (Å²) in [5, 5.41) is 4.55. The van der Waals surface area contributed by atoms with Crippen LogP contribution < -0.4 is 28.1 Å². The van der Waals surface area contributed by atoms with Gasteiger partial charge >= 0.3 is 225 Å². The van der Waals surface area contributed by atoms with Crippen molar-refractivity contribution >= 4 is 23.4 Å². The van der Waals surface area contributed by atoms with Crippen LogP contribution >= 0.6 is 11.3 Å². The van der Waals surface area contributed by atoms with Crippen LogP contribution in [0.2, 0.25) is 0 Å². The van der Waals surface area contributed by atoms with E-state index in [1.807, 2.05) is 11.3 Å². The molecule has 0 bridgehead atoms. The molecule has 0 saturated heterocycles. The largest absolute Gasteiger partial charge is 1.00 e. The van der Waals surface area contributed by atoms with Gasteiger partial charge in [-0.2, -0.15) is 0 Å². The van der Waals surface area contributed by atoms with E-state index >= 15 is 0 Å². The van der Waals surface area contributed by atoms with Gasteiger partial charge in [0, 0.05) is 0 Å². The van der Waals surface area contributed by atoms with Crippen LogP contribution in [-0.4, -0.2) is 3.21 Å². The molecule has 1 heterocycles. The van der Waals surface area contributed by atoms with Gasteiger partial charge in [0.2, 0.25) is 0 Å². The second-order valence-corrected chi connectivity index (χ2v) is 20.4. The molecule has 0 saturated carbocycles. The van der Waals surface area contributed by atoms with Gasteiger partial charge in [0.15, 0.2) is 0 Å². The van der Waals surface area contributed by atoms with E-state index in [-0.39, 0.29) is 35.6 Å². The molecule has 0 fully saturated rings. The molecule has 194 valence electrons. The summed E-state index contributed by atoms with van der Waals surface area (Å²) in [5.41, 5.74) is 12.3. The summed E-state index contributed by atoms with van der Waals surface area (Å²) in [6.45, 7) is 18.9. The number of hydrogen-bond acceptors (Lipinski definition) is 1. The molecule has 0 spiro atoms. The fourth-order valence-electron chi connectivity index (χ4n) is 5.56. The van der Waals surface area contributed by atoms with E-state index in [2.05, 4.69) is 115 Å². The van der Waals surface area contributed by atoms with Crippen molar-refractivity contribution in [3.63, 3.8) is 0 Å². The summed E-state index contributed by atoms with van der Waals surface area (Å²) in [4.78, 5) is 0. The summed E-state index contributed by atoms with van der Waals surface area (Å²) in [6, 6.07) is 14.7. The monoisotopic (exact) mass is 626 g/mol. The SMILES string of the molecule is C[C](C)=[Zr+2]([C]1=C(c2ccsc2)C=CC1)[c]1cc(C(C)(C)C)cc2c1Cc1ccc(C(C)(C)C)cc1-2.[Cl-].[Cl-]. The Bertz CT molecular complexity index is 1400. The molecule has 2 aliphatic carbocycles. The van der Waals surface area contributed by atoms with Gasteiger partial charge in [-0.25, -0.2) is 0 Å². The molecule has 2 aliphatic rings. The maximum Gasteiger partial charge on any atom is -1.00 e. The van der Waals surface area contributed by atoms with Crippen LogP contribution in [0, 0.1) is 0 Å². The first-order chi connectivity index (χ1) is 16.4. The molecule has 37 heavy (non-hydrogen) atoms. The minimum atomic E-state index is -2.27. The van der Waals surface area contributed by atoms with E-state index in [1.54, 1.807) is 15.3 Å². The molecule has 0 aliphatic heterocycles. The van der Waals surface area contributed by atoms with E-state index < -0.39 is 21.3 Å². The van der Waals surface area contributed by atoms with Crippen molar-refractivity contribution in [2.45, 2.75) is 79.1 Å². The van der Waals surface area contributed by atoms with Gasteiger partial charge in [0.25, 0.3) is 0 Å². The Kier molecular flexibility index (Phi) is 9.24. The van der Waals surface area contributed by atoms with Crippen molar-refractivity contribution in [2.75, 3.05) is 0 Å². The number of fused-ring (bicyclic) bond motifs is 3. The van der Waals surface area contributed by atoms with Crippen LogP contribution in [0.5, 0.6) is 0 Å². The third kappa shape index (κ3) is 5.79. The van der Waals surface area contributed by atoms with Crippen molar-refractivity contribution < 1.29 is 46.1 Å². The van der Waals surface area contributed by atoms with Crippen LogP contribution in [0.1, 0.15) is 89.6 Å². The molecule has 0 N–H and O–H groups in total. The van der Waals surface area contributed by atoms with Gasteiger partial charge in [-0.1, -0.05) is 0 Å². The van der Waals surface area contributed by atoms with Gasteiger partial charge in [0.05, 0.1) is 0 Å². The zero-order chi connectivity index (χ0) is 25.1. The average Bonchev–Trinajstić information content (AvgIpc) is 3.51. The van der Waals surface area contributed by atoms with Crippen molar-refractivity contribution in [3.05, 3.63) is 90.4 Å². The molecule has 5 rings (SSSR count). The average molecular weight is 629 g/mol. The van der Waals surface area contributed by atoms with E-state index in [0.717, 1.165) is 12.8 Å². The molecule has 2 aromatic carbocycles. The quantitative estimate of drug-likeness (QED) is 0.328. The number of thiophene rings is 1. The smallest absolute Gasteiger partial charge is 1.00 e. The van der Waals surface area contributed by atoms with Crippen LogP contribution in [0.3, 0.4) is 0 Å². The first kappa shape index (κ1) is 30.5. The van der Waals surface area contributed by atoms with Crippen molar-refractivity contribution in [3.8, 4) is 11.1 Å². The summed E-state index contributed by atoms with van der Waals surface area (Å²) >= 11 is -0.459. The Labute approximate surface area is 248 Å². The van der Waals surface area contributed by atoms with E-state index in [1.165, 1.54) is 39.0 Å². The van der Waals surface area contributed by atoms with Gasteiger partial charge in [-0.15, -0.1) is 0 Å². The number of halogens is 2. The Morgan fingerprint density at radius 1 is 0.838 bits per heavy atom. The first-order valence-electron chi connectivity index (χ1n) is 12.9. The molecular weight excluding hydrogens is 591 g/mol. The van der Waals surface area contributed by atoms with Gasteiger partial charge in [0.1, 0.15) is 0 Å². The maximum absolute atomic E-state index is 2.63. The second kappa shape index (κ2) is 11.2. The van der Waals surface area contributed by atoms with E-state index in [9.17, 15) is 0 Å². The fraction of sp³-hybridized carbons (Fsp3) is 0.364. The number of allylic oxidation sites excluding steroid dienone is 4. The molecule has 0 nitrogen and oxygen atoms in total.